The number of halogens is 1. The molecular weight excluding hydrogens is 268 g/mol. The molecule has 0 aliphatic carbocycles. The number of carbonyl (C=O) groups is 2. The molecule has 0 spiro atoms. The van der Waals surface area contributed by atoms with E-state index < -0.39 is 0 Å². The smallest absolute Gasteiger partial charge is 0.319 e. The highest BCUT2D eigenvalue weighted by atomic mass is 35.5. The molecule has 19 heavy (non-hydrogen) atoms. The monoisotopic (exact) mass is 284 g/mol. The Kier molecular flexibility index (Phi) is 6.74. The van der Waals surface area contributed by atoms with Crippen LogP contribution in [-0.4, -0.2) is 31.0 Å². The van der Waals surface area contributed by atoms with Crippen LogP contribution in [-0.2, 0) is 16.0 Å². The van der Waals surface area contributed by atoms with Gasteiger partial charge in [-0.05, 0) is 24.6 Å². The van der Waals surface area contributed by atoms with Gasteiger partial charge in [0, 0.05) is 18.1 Å². The van der Waals surface area contributed by atoms with Crippen molar-refractivity contribution in [2.24, 2.45) is 0 Å². The van der Waals surface area contributed by atoms with E-state index in [1.165, 1.54) is 0 Å². The molecule has 0 aliphatic heterocycles. The third kappa shape index (κ3) is 6.10. The van der Waals surface area contributed by atoms with Crippen molar-refractivity contribution in [1.82, 2.24) is 5.32 Å². The lowest BCUT2D eigenvalue weighted by Crippen LogP contribution is -2.30. The number of carbonyl (C=O) groups excluding carboxylic acids is 2. The van der Waals surface area contributed by atoms with Gasteiger partial charge in [0.1, 0.15) is 0 Å². The fourth-order valence-corrected chi connectivity index (χ4v) is 1.52. The molecule has 104 valence electrons. The van der Waals surface area contributed by atoms with Crippen LogP contribution in [0, 0.1) is 0 Å². The molecule has 0 saturated heterocycles. The van der Waals surface area contributed by atoms with Crippen LogP contribution in [0.1, 0.15) is 12.5 Å². The Morgan fingerprint density at radius 2 is 1.95 bits per heavy atom. The van der Waals surface area contributed by atoms with Crippen LogP contribution in [0.3, 0.4) is 0 Å². The first-order chi connectivity index (χ1) is 9.15. The van der Waals surface area contributed by atoms with Gasteiger partial charge in [0.15, 0.2) is 0 Å². The molecule has 0 radical (unpaired) electrons. The first kappa shape index (κ1) is 15.3. The Morgan fingerprint density at radius 3 is 2.53 bits per heavy atom. The second-order valence-electron chi connectivity index (χ2n) is 3.75. The van der Waals surface area contributed by atoms with Crippen molar-refractivity contribution in [1.29, 1.82) is 0 Å². The molecule has 0 bridgehead atoms. The summed E-state index contributed by atoms with van der Waals surface area (Å²) in [7, 11) is 0. The van der Waals surface area contributed by atoms with Gasteiger partial charge in [0.25, 0.3) is 0 Å². The van der Waals surface area contributed by atoms with Crippen molar-refractivity contribution in [3.8, 4) is 0 Å². The first-order valence-electron chi connectivity index (χ1n) is 6.01. The minimum Gasteiger partial charge on any atom is -0.466 e. The number of rotatable bonds is 6. The molecule has 2 amide bonds. The van der Waals surface area contributed by atoms with E-state index in [-0.39, 0.29) is 18.4 Å². The Hall–Kier alpha value is -1.75. The fourth-order valence-electron chi connectivity index (χ4n) is 1.42. The standard InChI is InChI=1S/C13H17ClN2O3/c1-2-19-12(17)9-10-3-5-11(6-4-10)16-13(18)15-8-7-14/h3-6H,2,7-9H2,1H3,(H2,15,16,18). The molecule has 0 unspecified atom stereocenters. The van der Waals surface area contributed by atoms with Gasteiger partial charge in [0.05, 0.1) is 13.0 Å². The van der Waals surface area contributed by atoms with Crippen molar-refractivity contribution in [3.05, 3.63) is 29.8 Å². The van der Waals surface area contributed by atoms with Gasteiger partial charge in [-0.3, -0.25) is 4.79 Å². The molecule has 1 rings (SSSR count). The second kappa shape index (κ2) is 8.37. The van der Waals surface area contributed by atoms with Crippen LogP contribution in [0.15, 0.2) is 24.3 Å². The Balaban J connectivity index is 2.47. The molecule has 2 N–H and O–H groups in total. The van der Waals surface area contributed by atoms with E-state index in [4.69, 9.17) is 16.3 Å². The quantitative estimate of drug-likeness (QED) is 0.621. The molecule has 0 saturated carbocycles. The van der Waals surface area contributed by atoms with Gasteiger partial charge in [-0.1, -0.05) is 12.1 Å². The predicted molar refractivity (Wildman–Crippen MR) is 74.5 cm³/mol. The molecule has 0 aromatic heterocycles. The van der Waals surface area contributed by atoms with Crippen molar-refractivity contribution < 1.29 is 14.3 Å². The van der Waals surface area contributed by atoms with Crippen LogP contribution in [0.4, 0.5) is 10.5 Å². The summed E-state index contributed by atoms with van der Waals surface area (Å²) in [5.41, 5.74) is 1.49. The molecular formula is C13H17ClN2O3. The normalized spacial score (nSPS) is 9.79. The SMILES string of the molecule is CCOC(=O)Cc1ccc(NC(=O)NCCCl)cc1. The van der Waals surface area contributed by atoms with Gasteiger partial charge in [-0.15, -0.1) is 11.6 Å². The predicted octanol–water partition coefficient (Wildman–Crippen LogP) is 2.15. The molecule has 5 nitrogen and oxygen atoms in total. The summed E-state index contributed by atoms with van der Waals surface area (Å²) < 4.78 is 4.85. The van der Waals surface area contributed by atoms with Gasteiger partial charge in [-0.25, -0.2) is 4.79 Å². The Bertz CT molecular complexity index is 420. The van der Waals surface area contributed by atoms with Crippen molar-refractivity contribution in [2.75, 3.05) is 24.3 Å². The van der Waals surface area contributed by atoms with E-state index in [0.717, 1.165) is 5.56 Å². The van der Waals surface area contributed by atoms with Crippen LogP contribution >= 0.6 is 11.6 Å². The zero-order valence-corrected chi connectivity index (χ0v) is 11.5. The van der Waals surface area contributed by atoms with Crippen LogP contribution in [0.5, 0.6) is 0 Å². The molecule has 6 heteroatoms. The number of alkyl halides is 1. The lowest BCUT2D eigenvalue weighted by Gasteiger charge is -2.07. The Morgan fingerprint density at radius 1 is 1.26 bits per heavy atom. The minimum atomic E-state index is -0.307. The number of amides is 2. The van der Waals surface area contributed by atoms with E-state index in [1.807, 2.05) is 0 Å². The summed E-state index contributed by atoms with van der Waals surface area (Å²) in [4.78, 5) is 22.6. The summed E-state index contributed by atoms with van der Waals surface area (Å²) >= 11 is 5.46. The first-order valence-corrected chi connectivity index (χ1v) is 6.54. The summed E-state index contributed by atoms with van der Waals surface area (Å²) in [6, 6.07) is 6.70. The summed E-state index contributed by atoms with van der Waals surface area (Å²) in [6.07, 6.45) is 0.229. The fraction of sp³-hybridized carbons (Fsp3) is 0.385. The molecule has 0 fully saturated rings. The lowest BCUT2D eigenvalue weighted by atomic mass is 10.1. The average molecular weight is 285 g/mol. The molecule has 0 atom stereocenters. The third-order valence-electron chi connectivity index (χ3n) is 2.25. The number of benzene rings is 1. The maximum absolute atomic E-state index is 11.4. The van der Waals surface area contributed by atoms with E-state index in [2.05, 4.69) is 10.6 Å². The highest BCUT2D eigenvalue weighted by Crippen LogP contribution is 2.10. The van der Waals surface area contributed by atoms with Gasteiger partial charge < -0.3 is 15.4 Å². The van der Waals surface area contributed by atoms with E-state index >= 15 is 0 Å². The number of nitrogens with one attached hydrogen (secondary N) is 2. The van der Waals surface area contributed by atoms with E-state index in [9.17, 15) is 9.59 Å². The lowest BCUT2D eigenvalue weighted by molar-refractivity contribution is -0.142. The molecule has 0 aliphatic rings. The molecule has 1 aromatic rings. The van der Waals surface area contributed by atoms with E-state index in [1.54, 1.807) is 31.2 Å². The zero-order valence-electron chi connectivity index (χ0n) is 10.7. The van der Waals surface area contributed by atoms with Gasteiger partial charge in [-0.2, -0.15) is 0 Å². The summed E-state index contributed by atoms with van der Waals surface area (Å²) in [5.74, 6) is 0.106. The van der Waals surface area contributed by atoms with Crippen LogP contribution < -0.4 is 10.6 Å². The van der Waals surface area contributed by atoms with Crippen molar-refractivity contribution >= 4 is 29.3 Å². The van der Waals surface area contributed by atoms with E-state index in [0.29, 0.717) is 24.7 Å². The maximum atomic E-state index is 11.4. The molecule has 0 heterocycles. The maximum Gasteiger partial charge on any atom is 0.319 e. The topological polar surface area (TPSA) is 67.4 Å². The number of hydrogen-bond acceptors (Lipinski definition) is 3. The Labute approximate surface area is 117 Å². The zero-order chi connectivity index (χ0) is 14.1. The average Bonchev–Trinajstić information content (AvgIpc) is 2.39. The third-order valence-corrected chi connectivity index (χ3v) is 2.43. The van der Waals surface area contributed by atoms with Crippen molar-refractivity contribution in [3.63, 3.8) is 0 Å². The highest BCUT2D eigenvalue weighted by molar-refractivity contribution is 6.18. The van der Waals surface area contributed by atoms with Gasteiger partial charge in [0.2, 0.25) is 0 Å². The molecule has 1 aromatic carbocycles. The second-order valence-corrected chi connectivity index (χ2v) is 4.13. The summed E-state index contributed by atoms with van der Waals surface area (Å²) in [6.45, 7) is 2.55. The number of esters is 1. The number of ether oxygens (including phenoxy) is 1. The minimum absolute atomic E-state index is 0.229. The summed E-state index contributed by atoms with van der Waals surface area (Å²) in [5, 5.41) is 5.25. The highest BCUT2D eigenvalue weighted by Gasteiger charge is 2.04. The van der Waals surface area contributed by atoms with Crippen molar-refractivity contribution in [2.45, 2.75) is 13.3 Å². The number of anilines is 1. The van der Waals surface area contributed by atoms with Crippen LogP contribution in [0.25, 0.3) is 0 Å². The van der Waals surface area contributed by atoms with Crippen LogP contribution in [0.2, 0.25) is 0 Å². The van der Waals surface area contributed by atoms with Gasteiger partial charge >= 0.3 is 12.0 Å². The number of urea groups is 1. The largest absolute Gasteiger partial charge is 0.466 e. The number of hydrogen-bond donors (Lipinski definition) is 2.